The lowest BCUT2D eigenvalue weighted by Gasteiger charge is -2.31. The van der Waals surface area contributed by atoms with Gasteiger partial charge in [0.15, 0.2) is 15.7 Å². The molecule has 0 bridgehead atoms. The first-order valence-electron chi connectivity index (χ1n) is 10.7. The van der Waals surface area contributed by atoms with Crippen LogP contribution in [-0.4, -0.2) is 54.7 Å². The highest BCUT2D eigenvalue weighted by Gasteiger charge is 2.38. The molecule has 2 aliphatic rings. The summed E-state index contributed by atoms with van der Waals surface area (Å²) in [4.78, 5) is 25.8. The Morgan fingerprint density at radius 3 is 2.45 bits per heavy atom. The van der Waals surface area contributed by atoms with E-state index in [0.29, 0.717) is 41.7 Å². The number of fused-ring (bicyclic) bond motifs is 2. The summed E-state index contributed by atoms with van der Waals surface area (Å²) in [5, 5.41) is 0. The molecule has 2 aromatic rings. The number of nitrogens with zero attached hydrogens (tertiary/aromatic N) is 4. The van der Waals surface area contributed by atoms with Crippen LogP contribution >= 0.6 is 15.9 Å². The summed E-state index contributed by atoms with van der Waals surface area (Å²) in [7, 11) is -3.07. The van der Waals surface area contributed by atoms with Crippen molar-refractivity contribution >= 4 is 49.2 Å². The molecule has 1 amide bonds. The number of hydrogen-bond acceptors (Lipinski definition) is 8. The first-order valence-corrected chi connectivity index (χ1v) is 13.3. The van der Waals surface area contributed by atoms with Crippen LogP contribution in [0.2, 0.25) is 0 Å². The summed E-state index contributed by atoms with van der Waals surface area (Å²) in [6, 6.07) is 3.71. The van der Waals surface area contributed by atoms with Crippen LogP contribution in [0.3, 0.4) is 0 Å². The van der Waals surface area contributed by atoms with E-state index < -0.39 is 27.6 Å². The molecule has 1 fully saturated rings. The molecule has 1 atom stereocenters. The van der Waals surface area contributed by atoms with Gasteiger partial charge in [-0.1, -0.05) is 15.9 Å². The van der Waals surface area contributed by atoms with Gasteiger partial charge in [-0.2, -0.15) is 0 Å². The third kappa shape index (κ3) is 4.79. The van der Waals surface area contributed by atoms with Gasteiger partial charge >= 0.3 is 6.09 Å². The van der Waals surface area contributed by atoms with Crippen molar-refractivity contribution in [1.82, 2.24) is 9.97 Å². The predicted molar refractivity (Wildman–Crippen MR) is 129 cm³/mol. The Morgan fingerprint density at radius 1 is 1.18 bits per heavy atom. The van der Waals surface area contributed by atoms with E-state index in [-0.39, 0.29) is 11.5 Å². The van der Waals surface area contributed by atoms with Crippen LogP contribution in [0, 0.1) is 6.92 Å². The van der Waals surface area contributed by atoms with Crippen molar-refractivity contribution in [1.29, 1.82) is 0 Å². The van der Waals surface area contributed by atoms with Gasteiger partial charge in [-0.15, -0.1) is 0 Å². The van der Waals surface area contributed by atoms with E-state index in [2.05, 4.69) is 25.9 Å². The molecule has 4 rings (SSSR count). The van der Waals surface area contributed by atoms with Crippen molar-refractivity contribution in [2.45, 2.75) is 46.3 Å². The number of rotatable bonds is 1. The molecule has 1 saturated heterocycles. The van der Waals surface area contributed by atoms with Gasteiger partial charge in [0.1, 0.15) is 29.6 Å². The number of halogens is 1. The largest absolute Gasteiger partial charge is 0.483 e. The molecule has 0 radical (unpaired) electrons. The predicted octanol–water partition coefficient (Wildman–Crippen LogP) is 4.31. The van der Waals surface area contributed by atoms with E-state index in [9.17, 15) is 13.2 Å². The fourth-order valence-corrected chi connectivity index (χ4v) is 5.73. The van der Waals surface area contributed by atoms with Crippen molar-refractivity contribution < 1.29 is 22.7 Å². The van der Waals surface area contributed by atoms with Crippen LogP contribution in [0.5, 0.6) is 5.75 Å². The monoisotopic (exact) mass is 538 g/mol. The number of anilines is 3. The molecule has 11 heteroatoms. The number of hydrogen-bond donors (Lipinski definition) is 0. The van der Waals surface area contributed by atoms with Crippen molar-refractivity contribution in [2.24, 2.45) is 0 Å². The summed E-state index contributed by atoms with van der Waals surface area (Å²) in [6.45, 7) is 9.79. The van der Waals surface area contributed by atoms with Crippen LogP contribution in [-0.2, 0) is 14.6 Å². The van der Waals surface area contributed by atoms with Gasteiger partial charge in [-0.3, -0.25) is 0 Å². The highest BCUT2D eigenvalue weighted by atomic mass is 79.9. The Kier molecular flexibility index (Phi) is 6.06. The molecule has 0 unspecified atom stereocenters. The molecule has 9 nitrogen and oxygen atoms in total. The van der Waals surface area contributed by atoms with E-state index in [1.165, 1.54) is 11.2 Å². The number of aromatic nitrogens is 2. The molecule has 0 aliphatic carbocycles. The fourth-order valence-electron chi connectivity index (χ4n) is 3.97. The number of sulfone groups is 1. The van der Waals surface area contributed by atoms with Crippen molar-refractivity contribution in [2.75, 3.05) is 34.4 Å². The average molecular weight is 539 g/mol. The van der Waals surface area contributed by atoms with Gasteiger partial charge in [-0.25, -0.2) is 28.1 Å². The summed E-state index contributed by atoms with van der Waals surface area (Å²) < 4.78 is 36.8. The number of aryl methyl sites for hydroxylation is 1. The minimum absolute atomic E-state index is 0.0447. The fraction of sp³-hybridized carbons (Fsp3) is 0.500. The van der Waals surface area contributed by atoms with E-state index in [4.69, 9.17) is 9.47 Å². The zero-order chi connectivity index (χ0) is 24.1. The second-order valence-electron chi connectivity index (χ2n) is 9.22. The molecule has 0 spiro atoms. The van der Waals surface area contributed by atoms with Gasteiger partial charge in [-0.05, 0) is 52.3 Å². The first-order chi connectivity index (χ1) is 15.4. The van der Waals surface area contributed by atoms with Crippen molar-refractivity contribution in [3.8, 4) is 5.75 Å². The third-order valence-electron chi connectivity index (χ3n) is 5.44. The molecule has 1 aromatic heterocycles. The maximum absolute atomic E-state index is 13.5. The van der Waals surface area contributed by atoms with E-state index in [1.807, 2.05) is 24.8 Å². The molecule has 33 heavy (non-hydrogen) atoms. The third-order valence-corrected chi connectivity index (χ3v) is 7.50. The van der Waals surface area contributed by atoms with Crippen LogP contribution in [0.1, 0.15) is 44.9 Å². The van der Waals surface area contributed by atoms with Crippen molar-refractivity contribution in [3.63, 3.8) is 0 Å². The van der Waals surface area contributed by atoms with Crippen LogP contribution in [0.25, 0.3) is 0 Å². The normalized spacial score (nSPS) is 19.8. The lowest BCUT2D eigenvalue weighted by molar-refractivity contribution is 0.0598. The quantitative estimate of drug-likeness (QED) is 0.529. The molecule has 0 N–H and O–H groups in total. The first kappa shape index (κ1) is 23.7. The number of ether oxygens (including phenoxy) is 2. The smallest absolute Gasteiger partial charge is 0.420 e. The van der Waals surface area contributed by atoms with Gasteiger partial charge in [0.25, 0.3) is 0 Å². The maximum atomic E-state index is 13.5. The standard InChI is InChI=1S/C22H27BrN4O5S/c1-13-10-15(23)11-16-18(13)31-14(2)17-19(26-6-8-33(29,30)9-7-26)24-12-25-20(17)27(16)21(28)32-22(3,4)5/h10-12,14H,6-9H2,1-5H3/t14-/m1/s1. The van der Waals surface area contributed by atoms with Gasteiger partial charge in [0.05, 0.1) is 22.8 Å². The summed E-state index contributed by atoms with van der Waals surface area (Å²) in [6.07, 6.45) is 0.295. The maximum Gasteiger partial charge on any atom is 0.420 e. The highest BCUT2D eigenvalue weighted by molar-refractivity contribution is 9.10. The molecule has 0 saturated carbocycles. The van der Waals surface area contributed by atoms with Crippen LogP contribution in [0.4, 0.5) is 22.1 Å². The van der Waals surface area contributed by atoms with Gasteiger partial charge < -0.3 is 14.4 Å². The summed E-state index contributed by atoms with van der Waals surface area (Å²) in [5.74, 6) is 1.54. The molecular weight excluding hydrogens is 512 g/mol. The second-order valence-corrected chi connectivity index (χ2v) is 12.4. The van der Waals surface area contributed by atoms with Gasteiger partial charge in [0, 0.05) is 17.6 Å². The van der Waals surface area contributed by atoms with E-state index in [0.717, 1.165) is 10.0 Å². The van der Waals surface area contributed by atoms with E-state index in [1.54, 1.807) is 26.8 Å². The van der Waals surface area contributed by atoms with Crippen molar-refractivity contribution in [3.05, 3.63) is 34.1 Å². The number of carbonyl (C=O) groups excluding carboxylic acids is 1. The Hall–Kier alpha value is -2.40. The topological polar surface area (TPSA) is 102 Å². The summed E-state index contributed by atoms with van der Waals surface area (Å²) >= 11 is 3.52. The SMILES string of the molecule is Cc1cc(Br)cc2c1O[C@H](C)c1c(N3CCS(=O)(=O)CC3)ncnc1N2C(=O)OC(C)(C)C. The molecule has 3 heterocycles. The molecule has 2 aliphatic heterocycles. The average Bonchev–Trinajstić information content (AvgIpc) is 2.81. The van der Waals surface area contributed by atoms with Crippen LogP contribution in [0.15, 0.2) is 22.9 Å². The molecular formula is C22H27BrN4O5S. The Bertz CT molecular complexity index is 1200. The molecule has 178 valence electrons. The second kappa shape index (κ2) is 8.43. The van der Waals surface area contributed by atoms with Crippen LogP contribution < -0.4 is 14.5 Å². The Morgan fingerprint density at radius 2 is 1.82 bits per heavy atom. The lowest BCUT2D eigenvalue weighted by Crippen LogP contribution is -2.41. The Balaban J connectivity index is 1.90. The van der Waals surface area contributed by atoms with Gasteiger partial charge in [0.2, 0.25) is 0 Å². The minimum Gasteiger partial charge on any atom is -0.483 e. The minimum atomic E-state index is -3.07. The zero-order valence-electron chi connectivity index (χ0n) is 19.3. The van der Waals surface area contributed by atoms with E-state index >= 15 is 0 Å². The highest BCUT2D eigenvalue weighted by Crippen LogP contribution is 2.48. The number of amides is 1. The number of benzene rings is 1. The summed E-state index contributed by atoms with van der Waals surface area (Å²) in [5.41, 5.74) is 1.22. The molecule has 1 aromatic carbocycles. The zero-order valence-corrected chi connectivity index (χ0v) is 21.7. The Labute approximate surface area is 202 Å². The lowest BCUT2D eigenvalue weighted by atomic mass is 10.1. The number of carbonyl (C=O) groups is 1.